The molecule has 0 radical (unpaired) electrons. The van der Waals surface area contributed by atoms with Crippen LogP contribution in [0.3, 0.4) is 0 Å². The van der Waals surface area contributed by atoms with Crippen LogP contribution in [0.2, 0.25) is 0 Å². The maximum atomic E-state index is 11.1. The van der Waals surface area contributed by atoms with Crippen molar-refractivity contribution in [2.45, 2.75) is 94.2 Å². The Morgan fingerprint density at radius 2 is 1.36 bits per heavy atom. The van der Waals surface area contributed by atoms with Crippen LogP contribution in [0.4, 0.5) is 0 Å². The Balaban J connectivity index is 3.67. The van der Waals surface area contributed by atoms with E-state index in [1.807, 2.05) is 0 Å². The van der Waals surface area contributed by atoms with Crippen LogP contribution < -0.4 is 0 Å². The number of rotatable bonds is 17. The summed E-state index contributed by atoms with van der Waals surface area (Å²) in [6.45, 7) is 2.22. The van der Waals surface area contributed by atoms with Gasteiger partial charge >= 0.3 is 11.9 Å². The molecule has 0 aliphatic heterocycles. The van der Waals surface area contributed by atoms with Gasteiger partial charge in [0, 0.05) is 5.75 Å². The van der Waals surface area contributed by atoms with Gasteiger partial charge in [-0.15, -0.1) is 11.8 Å². The summed E-state index contributed by atoms with van der Waals surface area (Å²) in [5, 5.41) is 25.4. The summed E-state index contributed by atoms with van der Waals surface area (Å²) < 4.78 is 0. The fourth-order valence-electron chi connectivity index (χ4n) is 2.59. The first-order valence-electron chi connectivity index (χ1n) is 9.33. The fraction of sp³-hybridized carbons (Fsp3) is 0.889. The Morgan fingerprint density at radius 3 is 1.80 bits per heavy atom. The Kier molecular flexibility index (Phi) is 15.6. The molecular weight excluding hydrogens is 360 g/mol. The van der Waals surface area contributed by atoms with Crippen LogP contribution in [0.5, 0.6) is 0 Å². The number of carboxylic acids is 2. The summed E-state index contributed by atoms with van der Waals surface area (Å²) in [6, 6.07) is 0. The molecule has 0 fully saturated rings. The second-order valence-electron chi connectivity index (χ2n) is 6.50. The second kappa shape index (κ2) is 15.8. The number of aliphatic hydroxyl groups excluding tert-OH is 1. The van der Waals surface area contributed by atoms with Crippen molar-refractivity contribution in [3.05, 3.63) is 0 Å². The third kappa shape index (κ3) is 13.5. The predicted octanol–water partition coefficient (Wildman–Crippen LogP) is 4.23. The van der Waals surface area contributed by atoms with E-state index in [9.17, 15) is 14.7 Å². The SMILES string of the molecule is CCCCCCCCCCCCC(O)CSC(C(=O)O)C(S)C(=O)O. The van der Waals surface area contributed by atoms with Gasteiger partial charge < -0.3 is 15.3 Å². The lowest BCUT2D eigenvalue weighted by molar-refractivity contribution is -0.142. The summed E-state index contributed by atoms with van der Waals surface area (Å²) >= 11 is 4.77. The standard InChI is InChI=1S/C18H34O5S2/c1-2-3-4-5-6-7-8-9-10-11-12-14(19)13-25-16(18(22)23)15(24)17(20)21/h14-16,19,24H,2-13H2,1H3,(H,20,21)(H,22,23). The highest BCUT2D eigenvalue weighted by atomic mass is 32.2. The summed E-state index contributed by atoms with van der Waals surface area (Å²) in [5.41, 5.74) is 0. The van der Waals surface area contributed by atoms with Gasteiger partial charge in [-0.1, -0.05) is 71.1 Å². The number of carbonyl (C=O) groups is 2. The molecule has 0 saturated carbocycles. The molecule has 0 aromatic carbocycles. The van der Waals surface area contributed by atoms with E-state index < -0.39 is 28.5 Å². The van der Waals surface area contributed by atoms with E-state index in [2.05, 4.69) is 19.6 Å². The van der Waals surface area contributed by atoms with Crippen LogP contribution >= 0.6 is 24.4 Å². The topological polar surface area (TPSA) is 94.8 Å². The quantitative estimate of drug-likeness (QED) is 0.218. The van der Waals surface area contributed by atoms with Crippen molar-refractivity contribution in [1.82, 2.24) is 0 Å². The van der Waals surface area contributed by atoms with Crippen molar-refractivity contribution in [3.63, 3.8) is 0 Å². The normalized spacial score (nSPS) is 14.8. The summed E-state index contributed by atoms with van der Waals surface area (Å²) in [4.78, 5) is 21.9. The molecule has 3 unspecified atom stereocenters. The van der Waals surface area contributed by atoms with Crippen molar-refractivity contribution >= 4 is 36.3 Å². The largest absolute Gasteiger partial charge is 0.480 e. The summed E-state index contributed by atoms with van der Waals surface area (Å²) in [6.07, 6.45) is 12.3. The smallest absolute Gasteiger partial charge is 0.318 e. The highest BCUT2D eigenvalue weighted by Crippen LogP contribution is 2.22. The first-order chi connectivity index (χ1) is 11.9. The number of aliphatic carboxylic acids is 2. The predicted molar refractivity (Wildman–Crippen MR) is 107 cm³/mol. The van der Waals surface area contributed by atoms with E-state index in [0.29, 0.717) is 6.42 Å². The average Bonchev–Trinajstić information content (AvgIpc) is 2.56. The molecule has 0 spiro atoms. The van der Waals surface area contributed by atoms with Gasteiger partial charge in [-0.05, 0) is 6.42 Å². The van der Waals surface area contributed by atoms with Crippen molar-refractivity contribution in [2.24, 2.45) is 0 Å². The van der Waals surface area contributed by atoms with Crippen LogP contribution in [0.1, 0.15) is 77.6 Å². The van der Waals surface area contributed by atoms with Crippen molar-refractivity contribution in [3.8, 4) is 0 Å². The molecule has 0 aromatic heterocycles. The molecule has 7 heteroatoms. The zero-order valence-electron chi connectivity index (χ0n) is 15.2. The number of thioether (sulfide) groups is 1. The molecule has 0 saturated heterocycles. The molecule has 25 heavy (non-hydrogen) atoms. The Labute approximate surface area is 161 Å². The number of thiol groups is 1. The van der Waals surface area contributed by atoms with Crippen LogP contribution in [-0.2, 0) is 9.59 Å². The maximum Gasteiger partial charge on any atom is 0.318 e. The second-order valence-corrected chi connectivity index (χ2v) is 8.23. The minimum absolute atomic E-state index is 0.221. The van der Waals surface area contributed by atoms with Crippen LogP contribution in [-0.4, -0.2) is 49.6 Å². The molecule has 5 nitrogen and oxygen atoms in total. The van der Waals surface area contributed by atoms with Gasteiger partial charge in [0.1, 0.15) is 10.5 Å². The summed E-state index contributed by atoms with van der Waals surface area (Å²) in [5.74, 6) is -2.25. The monoisotopic (exact) mass is 394 g/mol. The highest BCUT2D eigenvalue weighted by molar-refractivity contribution is 8.01. The van der Waals surface area contributed by atoms with Crippen molar-refractivity contribution in [2.75, 3.05) is 5.75 Å². The molecular formula is C18H34O5S2. The molecule has 0 heterocycles. The van der Waals surface area contributed by atoms with Gasteiger partial charge in [-0.2, -0.15) is 12.6 Å². The molecule has 0 aliphatic rings. The minimum atomic E-state index is -1.27. The van der Waals surface area contributed by atoms with E-state index >= 15 is 0 Å². The first kappa shape index (κ1) is 24.6. The van der Waals surface area contributed by atoms with Crippen LogP contribution in [0.15, 0.2) is 0 Å². The van der Waals surface area contributed by atoms with Gasteiger partial charge in [0.25, 0.3) is 0 Å². The molecule has 0 amide bonds. The van der Waals surface area contributed by atoms with Crippen molar-refractivity contribution < 1.29 is 24.9 Å². The van der Waals surface area contributed by atoms with Crippen LogP contribution in [0.25, 0.3) is 0 Å². The lowest BCUT2D eigenvalue weighted by atomic mass is 10.1. The zero-order valence-corrected chi connectivity index (χ0v) is 16.9. The number of aliphatic hydroxyl groups is 1. The van der Waals surface area contributed by atoms with Crippen LogP contribution in [0, 0.1) is 0 Å². The van der Waals surface area contributed by atoms with E-state index in [-0.39, 0.29) is 5.75 Å². The molecule has 0 rings (SSSR count). The molecule has 148 valence electrons. The van der Waals surface area contributed by atoms with Gasteiger partial charge in [0.05, 0.1) is 6.10 Å². The Bertz CT molecular complexity index is 365. The summed E-state index contributed by atoms with van der Waals surface area (Å²) in [7, 11) is 0. The fourth-order valence-corrected chi connectivity index (χ4v) is 4.02. The zero-order chi connectivity index (χ0) is 19.1. The van der Waals surface area contributed by atoms with Gasteiger partial charge in [0.15, 0.2) is 0 Å². The first-order valence-corrected chi connectivity index (χ1v) is 10.9. The van der Waals surface area contributed by atoms with Gasteiger partial charge in [-0.25, -0.2) is 0 Å². The Hall–Kier alpha value is -0.400. The van der Waals surface area contributed by atoms with E-state index in [4.69, 9.17) is 10.2 Å². The average molecular weight is 395 g/mol. The molecule has 3 N–H and O–H groups in total. The number of carboxylic acid groups (broad SMARTS) is 2. The third-order valence-corrected chi connectivity index (χ3v) is 6.27. The molecule has 0 aromatic rings. The van der Waals surface area contributed by atoms with Crippen molar-refractivity contribution in [1.29, 1.82) is 0 Å². The van der Waals surface area contributed by atoms with Gasteiger partial charge in [0.2, 0.25) is 0 Å². The van der Waals surface area contributed by atoms with Gasteiger partial charge in [-0.3, -0.25) is 9.59 Å². The number of hydrogen-bond donors (Lipinski definition) is 4. The van der Waals surface area contributed by atoms with E-state index in [0.717, 1.165) is 24.6 Å². The van der Waals surface area contributed by atoms with E-state index in [1.165, 1.54) is 51.4 Å². The highest BCUT2D eigenvalue weighted by Gasteiger charge is 2.31. The molecule has 0 bridgehead atoms. The number of unbranched alkanes of at least 4 members (excludes halogenated alkanes) is 9. The molecule has 0 aliphatic carbocycles. The lowest BCUT2D eigenvalue weighted by Gasteiger charge is -2.17. The minimum Gasteiger partial charge on any atom is -0.480 e. The molecule has 3 atom stereocenters. The Morgan fingerprint density at radius 1 is 0.880 bits per heavy atom. The lowest BCUT2D eigenvalue weighted by Crippen LogP contribution is -2.34. The maximum absolute atomic E-state index is 11.1. The number of hydrogen-bond acceptors (Lipinski definition) is 5. The third-order valence-electron chi connectivity index (χ3n) is 4.14. The van der Waals surface area contributed by atoms with E-state index in [1.54, 1.807) is 0 Å².